The van der Waals surface area contributed by atoms with E-state index in [1.54, 1.807) is 6.92 Å². The van der Waals surface area contributed by atoms with Crippen molar-refractivity contribution in [2.75, 3.05) is 5.32 Å². The maximum absolute atomic E-state index is 10.9. The molecule has 0 unspecified atom stereocenters. The molecule has 1 saturated carbocycles. The highest BCUT2D eigenvalue weighted by molar-refractivity contribution is 6.28. The van der Waals surface area contributed by atoms with Gasteiger partial charge in [-0.15, -0.1) is 0 Å². The highest BCUT2D eigenvalue weighted by Crippen LogP contribution is 2.33. The van der Waals surface area contributed by atoms with Crippen LogP contribution in [0, 0.1) is 23.0 Å². The third-order valence-electron chi connectivity index (χ3n) is 2.93. The van der Waals surface area contributed by atoms with Gasteiger partial charge in [-0.25, -0.2) is 4.98 Å². The van der Waals surface area contributed by atoms with E-state index in [1.165, 1.54) is 0 Å². The highest BCUT2D eigenvalue weighted by atomic mass is 35.5. The molecule has 92 valence electrons. The Morgan fingerprint density at radius 3 is 2.65 bits per heavy atom. The smallest absolute Gasteiger partial charge is 0.332 e. The molecule has 0 bridgehead atoms. The largest absolute Gasteiger partial charge is 0.361 e. The molecule has 7 heteroatoms. The minimum Gasteiger partial charge on any atom is -0.361 e. The van der Waals surface area contributed by atoms with E-state index in [-0.39, 0.29) is 28.5 Å². The SMILES string of the molecule is Cc1nc(Cl)nc(NC2CC(C)C2)c1[N+](=O)[O-]. The normalized spacial score (nSPS) is 23.0. The van der Waals surface area contributed by atoms with Gasteiger partial charge in [-0.1, -0.05) is 6.92 Å². The van der Waals surface area contributed by atoms with E-state index in [0.29, 0.717) is 5.92 Å². The molecule has 1 fully saturated rings. The zero-order chi connectivity index (χ0) is 12.6. The summed E-state index contributed by atoms with van der Waals surface area (Å²) >= 11 is 5.72. The minimum absolute atomic E-state index is 0.0305. The Balaban J connectivity index is 2.27. The highest BCUT2D eigenvalue weighted by Gasteiger charge is 2.29. The molecule has 1 aliphatic rings. The maximum Gasteiger partial charge on any atom is 0.332 e. The number of nitro groups is 1. The fraction of sp³-hybridized carbons (Fsp3) is 0.600. The monoisotopic (exact) mass is 256 g/mol. The van der Waals surface area contributed by atoms with Crippen molar-refractivity contribution in [3.05, 3.63) is 21.1 Å². The number of hydrogen-bond acceptors (Lipinski definition) is 5. The van der Waals surface area contributed by atoms with Crippen molar-refractivity contribution in [3.8, 4) is 0 Å². The van der Waals surface area contributed by atoms with Gasteiger partial charge in [0.1, 0.15) is 5.69 Å². The molecule has 0 spiro atoms. The van der Waals surface area contributed by atoms with Crippen molar-refractivity contribution >= 4 is 23.1 Å². The van der Waals surface area contributed by atoms with E-state index in [2.05, 4.69) is 22.2 Å². The Morgan fingerprint density at radius 1 is 1.47 bits per heavy atom. The second-order valence-corrected chi connectivity index (χ2v) is 4.79. The van der Waals surface area contributed by atoms with Gasteiger partial charge < -0.3 is 5.32 Å². The molecule has 1 aromatic heterocycles. The lowest BCUT2D eigenvalue weighted by molar-refractivity contribution is -0.385. The van der Waals surface area contributed by atoms with Gasteiger partial charge in [0.15, 0.2) is 0 Å². The van der Waals surface area contributed by atoms with Crippen molar-refractivity contribution < 1.29 is 4.92 Å². The summed E-state index contributed by atoms with van der Waals surface area (Å²) in [6.45, 7) is 3.70. The minimum atomic E-state index is -0.476. The van der Waals surface area contributed by atoms with E-state index in [4.69, 9.17) is 11.6 Å². The summed E-state index contributed by atoms with van der Waals surface area (Å²) in [6.07, 6.45) is 2.00. The van der Waals surface area contributed by atoms with Crippen LogP contribution >= 0.6 is 11.6 Å². The van der Waals surface area contributed by atoms with Crippen molar-refractivity contribution in [1.82, 2.24) is 9.97 Å². The molecule has 1 heterocycles. The molecular formula is C10H13ClN4O2. The average Bonchev–Trinajstić information content (AvgIpc) is 2.13. The Kier molecular flexibility index (Phi) is 3.15. The lowest BCUT2D eigenvalue weighted by atomic mass is 9.82. The van der Waals surface area contributed by atoms with Crippen LogP contribution in [-0.2, 0) is 0 Å². The van der Waals surface area contributed by atoms with E-state index in [1.807, 2.05) is 0 Å². The Bertz CT molecular complexity index is 460. The first-order valence-electron chi connectivity index (χ1n) is 5.42. The number of rotatable bonds is 3. The van der Waals surface area contributed by atoms with Crippen LogP contribution in [0.5, 0.6) is 0 Å². The van der Waals surface area contributed by atoms with Gasteiger partial charge in [0, 0.05) is 6.04 Å². The van der Waals surface area contributed by atoms with Gasteiger partial charge >= 0.3 is 5.69 Å². The third kappa shape index (κ3) is 2.46. The van der Waals surface area contributed by atoms with Crippen molar-refractivity contribution in [2.24, 2.45) is 5.92 Å². The van der Waals surface area contributed by atoms with Gasteiger partial charge in [0.25, 0.3) is 0 Å². The van der Waals surface area contributed by atoms with E-state index in [0.717, 1.165) is 12.8 Å². The van der Waals surface area contributed by atoms with Crippen LogP contribution in [0.4, 0.5) is 11.5 Å². The Morgan fingerprint density at radius 2 is 2.12 bits per heavy atom. The summed E-state index contributed by atoms with van der Waals surface area (Å²) < 4.78 is 0. The summed E-state index contributed by atoms with van der Waals surface area (Å²) in [4.78, 5) is 18.2. The van der Waals surface area contributed by atoms with Gasteiger partial charge in [-0.2, -0.15) is 4.98 Å². The second-order valence-electron chi connectivity index (χ2n) is 4.45. The second kappa shape index (κ2) is 4.44. The molecule has 0 saturated heterocycles. The first kappa shape index (κ1) is 12.0. The number of halogens is 1. The molecule has 0 aliphatic heterocycles. The Labute approximate surface area is 104 Å². The van der Waals surface area contributed by atoms with Gasteiger partial charge in [0.05, 0.1) is 4.92 Å². The standard InChI is InChI=1S/C10H13ClN4O2/c1-5-3-7(4-5)13-9-8(15(16)17)6(2)12-10(11)14-9/h5,7H,3-4H2,1-2H3,(H,12,13,14). The summed E-state index contributed by atoms with van der Waals surface area (Å²) in [6, 6.07) is 0.245. The van der Waals surface area contributed by atoms with Crippen LogP contribution in [-0.4, -0.2) is 20.9 Å². The lowest BCUT2D eigenvalue weighted by Crippen LogP contribution is -2.34. The Hall–Kier alpha value is -1.43. The molecule has 0 radical (unpaired) electrons. The quantitative estimate of drug-likeness (QED) is 0.511. The number of aromatic nitrogens is 2. The molecule has 17 heavy (non-hydrogen) atoms. The third-order valence-corrected chi connectivity index (χ3v) is 3.10. The summed E-state index contributed by atoms with van der Waals surface area (Å²) in [5, 5.41) is 14.0. The molecule has 0 atom stereocenters. The predicted octanol–water partition coefficient (Wildman–Crippen LogP) is 2.56. The molecule has 1 aliphatic carbocycles. The predicted molar refractivity (Wildman–Crippen MR) is 64.2 cm³/mol. The average molecular weight is 257 g/mol. The first-order valence-corrected chi connectivity index (χ1v) is 5.80. The van der Waals surface area contributed by atoms with E-state index in [9.17, 15) is 10.1 Å². The zero-order valence-electron chi connectivity index (χ0n) is 9.61. The van der Waals surface area contributed by atoms with Crippen LogP contribution in [0.3, 0.4) is 0 Å². The van der Waals surface area contributed by atoms with Crippen LogP contribution in [0.15, 0.2) is 0 Å². The van der Waals surface area contributed by atoms with E-state index < -0.39 is 4.92 Å². The van der Waals surface area contributed by atoms with Crippen LogP contribution in [0.2, 0.25) is 5.28 Å². The van der Waals surface area contributed by atoms with E-state index >= 15 is 0 Å². The molecule has 1 aromatic rings. The number of hydrogen-bond donors (Lipinski definition) is 1. The number of nitrogens with zero attached hydrogens (tertiary/aromatic N) is 3. The lowest BCUT2D eigenvalue weighted by Gasteiger charge is -2.33. The molecule has 0 amide bonds. The van der Waals surface area contributed by atoms with Crippen molar-refractivity contribution in [2.45, 2.75) is 32.7 Å². The van der Waals surface area contributed by atoms with Gasteiger partial charge in [-0.3, -0.25) is 10.1 Å². The van der Waals surface area contributed by atoms with Crippen LogP contribution in [0.25, 0.3) is 0 Å². The first-order chi connectivity index (χ1) is 7.97. The molecule has 0 aromatic carbocycles. The number of aryl methyl sites for hydroxylation is 1. The van der Waals surface area contributed by atoms with Crippen molar-refractivity contribution in [1.29, 1.82) is 0 Å². The maximum atomic E-state index is 10.9. The summed E-state index contributed by atoms with van der Waals surface area (Å²) in [5.74, 6) is 0.884. The zero-order valence-corrected chi connectivity index (χ0v) is 10.4. The molecule has 6 nitrogen and oxygen atoms in total. The topological polar surface area (TPSA) is 81.0 Å². The van der Waals surface area contributed by atoms with Crippen molar-refractivity contribution in [3.63, 3.8) is 0 Å². The van der Waals surface area contributed by atoms with Crippen LogP contribution in [0.1, 0.15) is 25.5 Å². The molecular weight excluding hydrogens is 244 g/mol. The van der Waals surface area contributed by atoms with Crippen LogP contribution < -0.4 is 5.32 Å². The summed E-state index contributed by atoms with van der Waals surface area (Å²) in [7, 11) is 0. The summed E-state index contributed by atoms with van der Waals surface area (Å²) in [5.41, 5.74) is 0.193. The fourth-order valence-electron chi connectivity index (χ4n) is 2.07. The number of nitrogens with one attached hydrogen (secondary N) is 1. The van der Waals surface area contributed by atoms with Gasteiger partial charge in [-0.05, 0) is 37.3 Å². The number of anilines is 1. The van der Waals surface area contributed by atoms with Gasteiger partial charge in [0.2, 0.25) is 11.1 Å². The fourth-order valence-corrected chi connectivity index (χ4v) is 2.28. The molecule has 2 rings (SSSR count). The molecule has 1 N–H and O–H groups in total.